The van der Waals surface area contributed by atoms with Gasteiger partial charge in [0.1, 0.15) is 5.82 Å². The summed E-state index contributed by atoms with van der Waals surface area (Å²) in [6, 6.07) is 4.44. The molecule has 7 heteroatoms. The smallest absolute Gasteiger partial charge is 0.210 e. The number of thiophene rings is 1. The third-order valence-corrected chi connectivity index (χ3v) is 7.70. The van der Waals surface area contributed by atoms with Crippen LogP contribution >= 0.6 is 22.7 Å². The molecule has 0 radical (unpaired) electrons. The third kappa shape index (κ3) is 3.80. The predicted molar refractivity (Wildman–Crippen MR) is 113 cm³/mol. The second-order valence-electron chi connectivity index (χ2n) is 7.84. The van der Waals surface area contributed by atoms with Gasteiger partial charge in [-0.2, -0.15) is 0 Å². The van der Waals surface area contributed by atoms with Gasteiger partial charge in [0.2, 0.25) is 5.82 Å². The van der Waals surface area contributed by atoms with Gasteiger partial charge in [-0.25, -0.2) is 14.6 Å². The van der Waals surface area contributed by atoms with Gasteiger partial charge < -0.3 is 4.74 Å². The minimum atomic E-state index is 0.250. The molecule has 0 bridgehead atoms. The highest BCUT2D eigenvalue weighted by molar-refractivity contribution is 7.13. The van der Waals surface area contributed by atoms with Crippen molar-refractivity contribution in [3.8, 4) is 10.8 Å². The van der Waals surface area contributed by atoms with Gasteiger partial charge in [0.05, 0.1) is 18.6 Å². The quantitative estimate of drug-likeness (QED) is 0.545. The number of hydrogen-bond acceptors (Lipinski definition) is 6. The van der Waals surface area contributed by atoms with Crippen molar-refractivity contribution in [2.24, 2.45) is 5.92 Å². The molecule has 0 N–H and O–H groups in total. The Morgan fingerprint density at radius 2 is 2.04 bits per heavy atom. The lowest BCUT2D eigenvalue weighted by atomic mass is 9.79. The molecule has 0 aromatic carbocycles. The van der Waals surface area contributed by atoms with E-state index >= 15 is 0 Å². The van der Waals surface area contributed by atoms with E-state index in [1.54, 1.807) is 11.3 Å². The van der Waals surface area contributed by atoms with Gasteiger partial charge in [-0.15, -0.1) is 27.8 Å². The fourth-order valence-corrected chi connectivity index (χ4v) is 6.11. The Kier molecular flexibility index (Phi) is 5.56. The molecule has 3 aromatic rings. The molecule has 2 unspecified atom stereocenters. The van der Waals surface area contributed by atoms with E-state index in [0.29, 0.717) is 11.8 Å². The van der Waals surface area contributed by atoms with Gasteiger partial charge >= 0.3 is 0 Å². The van der Waals surface area contributed by atoms with E-state index in [9.17, 15) is 0 Å². The van der Waals surface area contributed by atoms with Gasteiger partial charge in [-0.05, 0) is 43.0 Å². The number of hydrogen-bond donors (Lipinski definition) is 0. The highest BCUT2D eigenvalue weighted by Gasteiger charge is 2.33. The Morgan fingerprint density at radius 3 is 2.75 bits per heavy atom. The van der Waals surface area contributed by atoms with Crippen molar-refractivity contribution in [1.82, 2.24) is 19.7 Å². The minimum absolute atomic E-state index is 0.250. The summed E-state index contributed by atoms with van der Waals surface area (Å²) in [6.07, 6.45) is 10.9. The maximum absolute atomic E-state index is 5.93. The van der Waals surface area contributed by atoms with Crippen LogP contribution in [0.4, 0.5) is 0 Å². The second-order valence-corrected chi connectivity index (χ2v) is 9.71. The Bertz CT molecular complexity index is 863. The van der Waals surface area contributed by atoms with Crippen molar-refractivity contribution in [3.05, 3.63) is 39.8 Å². The summed E-state index contributed by atoms with van der Waals surface area (Å²) in [5.41, 5.74) is 0. The van der Waals surface area contributed by atoms with E-state index in [2.05, 4.69) is 27.2 Å². The lowest BCUT2D eigenvalue weighted by Gasteiger charge is -2.29. The molecule has 4 heterocycles. The number of ether oxygens (including phenoxy) is 1. The Hall–Kier alpha value is -1.57. The maximum Gasteiger partial charge on any atom is 0.210 e. The molecule has 0 spiro atoms. The van der Waals surface area contributed by atoms with Crippen LogP contribution in [0.1, 0.15) is 61.6 Å². The maximum atomic E-state index is 5.93. The van der Waals surface area contributed by atoms with Crippen LogP contribution in [0.25, 0.3) is 10.8 Å². The summed E-state index contributed by atoms with van der Waals surface area (Å²) in [7, 11) is 0. The van der Waals surface area contributed by atoms with Crippen molar-refractivity contribution >= 4 is 22.7 Å². The van der Waals surface area contributed by atoms with Crippen molar-refractivity contribution in [3.63, 3.8) is 0 Å². The average molecular weight is 415 g/mol. The average Bonchev–Trinajstić information content (AvgIpc) is 3.52. The first-order valence-corrected chi connectivity index (χ1v) is 12.1. The van der Waals surface area contributed by atoms with Gasteiger partial charge in [-0.3, -0.25) is 0 Å². The van der Waals surface area contributed by atoms with Crippen LogP contribution < -0.4 is 0 Å². The summed E-state index contributed by atoms with van der Waals surface area (Å²) in [5, 5.41) is 10.0. The van der Waals surface area contributed by atoms with Crippen LogP contribution in [0.5, 0.6) is 0 Å². The molecular weight excluding hydrogens is 388 g/mol. The van der Waals surface area contributed by atoms with Gasteiger partial charge in [0.15, 0.2) is 5.01 Å². The fraction of sp³-hybridized carbons (Fsp3) is 0.571. The van der Waals surface area contributed by atoms with Crippen molar-refractivity contribution in [2.45, 2.75) is 63.5 Å². The molecule has 1 saturated carbocycles. The topological polar surface area (TPSA) is 52.8 Å². The second kappa shape index (κ2) is 8.43. The van der Waals surface area contributed by atoms with Gasteiger partial charge in [0.25, 0.3) is 0 Å². The van der Waals surface area contributed by atoms with Gasteiger partial charge in [-0.1, -0.05) is 25.3 Å². The fourth-order valence-electron chi connectivity index (χ4n) is 4.63. The normalized spacial score (nSPS) is 21.9. The summed E-state index contributed by atoms with van der Waals surface area (Å²) < 4.78 is 8.07. The first-order chi connectivity index (χ1) is 13.9. The molecule has 28 heavy (non-hydrogen) atoms. The van der Waals surface area contributed by atoms with E-state index in [0.717, 1.165) is 42.6 Å². The molecule has 1 saturated heterocycles. The SMILES string of the molecule is c1csc(C(c2nc(-c3nccs3)nn2CC2CCCO2)C2CCCCC2)c1. The number of nitrogens with zero attached hydrogens (tertiary/aromatic N) is 4. The molecular formula is C21H26N4OS2. The molecule has 2 aliphatic rings. The lowest BCUT2D eigenvalue weighted by Crippen LogP contribution is -2.24. The Labute approximate surface area is 173 Å². The van der Waals surface area contributed by atoms with E-state index < -0.39 is 0 Å². The molecule has 148 valence electrons. The summed E-state index contributed by atoms with van der Waals surface area (Å²) in [5.74, 6) is 2.84. The van der Waals surface area contributed by atoms with Crippen LogP contribution in [0.3, 0.4) is 0 Å². The first kappa shape index (κ1) is 18.5. The zero-order valence-electron chi connectivity index (χ0n) is 16.0. The molecule has 0 amide bonds. The Morgan fingerprint density at radius 1 is 1.11 bits per heavy atom. The molecule has 5 nitrogen and oxygen atoms in total. The minimum Gasteiger partial charge on any atom is -0.376 e. The van der Waals surface area contributed by atoms with Crippen molar-refractivity contribution in [1.29, 1.82) is 0 Å². The van der Waals surface area contributed by atoms with E-state index in [4.69, 9.17) is 14.8 Å². The molecule has 5 rings (SSSR count). The van der Waals surface area contributed by atoms with Crippen LogP contribution in [0, 0.1) is 5.92 Å². The van der Waals surface area contributed by atoms with Crippen molar-refractivity contribution < 1.29 is 4.74 Å². The number of aromatic nitrogens is 4. The molecule has 1 aliphatic carbocycles. The lowest BCUT2D eigenvalue weighted by molar-refractivity contribution is 0.0925. The monoisotopic (exact) mass is 414 g/mol. The highest BCUT2D eigenvalue weighted by Crippen LogP contribution is 2.42. The Balaban J connectivity index is 1.55. The zero-order valence-corrected chi connectivity index (χ0v) is 17.6. The first-order valence-electron chi connectivity index (χ1n) is 10.4. The van der Waals surface area contributed by atoms with E-state index in [1.165, 1.54) is 37.0 Å². The number of thiazole rings is 1. The van der Waals surface area contributed by atoms with E-state index in [-0.39, 0.29) is 6.10 Å². The van der Waals surface area contributed by atoms with Crippen LogP contribution in [0.2, 0.25) is 0 Å². The third-order valence-electron chi connectivity index (χ3n) is 5.97. The van der Waals surface area contributed by atoms with Crippen LogP contribution in [-0.4, -0.2) is 32.5 Å². The number of rotatable bonds is 6. The summed E-state index contributed by atoms with van der Waals surface area (Å²) in [6.45, 7) is 1.66. The highest BCUT2D eigenvalue weighted by atomic mass is 32.1. The zero-order chi connectivity index (χ0) is 18.8. The standard InChI is InChI=1S/C21H26N4OS2/c1-2-6-15(7-3-1)18(17-9-5-12-27-17)20-23-19(21-22-10-13-28-21)24-25(20)14-16-8-4-11-26-16/h5,9-10,12-13,15-16,18H,1-4,6-8,11,14H2. The predicted octanol–water partition coefficient (Wildman–Crippen LogP) is 5.35. The summed E-state index contributed by atoms with van der Waals surface area (Å²) in [4.78, 5) is 11.0. The molecule has 2 fully saturated rings. The van der Waals surface area contributed by atoms with Crippen LogP contribution in [-0.2, 0) is 11.3 Å². The van der Waals surface area contributed by atoms with Gasteiger partial charge in [0, 0.05) is 23.1 Å². The molecule has 1 aliphatic heterocycles. The van der Waals surface area contributed by atoms with Crippen LogP contribution in [0.15, 0.2) is 29.1 Å². The van der Waals surface area contributed by atoms with E-state index in [1.807, 2.05) is 22.9 Å². The molecule has 2 atom stereocenters. The summed E-state index contributed by atoms with van der Waals surface area (Å²) >= 11 is 3.46. The molecule has 3 aromatic heterocycles. The largest absolute Gasteiger partial charge is 0.376 e. The van der Waals surface area contributed by atoms with Crippen molar-refractivity contribution in [2.75, 3.05) is 6.61 Å².